The Morgan fingerprint density at radius 1 is 1.25 bits per heavy atom. The molecule has 4 rings (SSSR count). The highest BCUT2D eigenvalue weighted by molar-refractivity contribution is 5.94. The molecule has 1 aromatic carbocycles. The van der Waals surface area contributed by atoms with Crippen LogP contribution in [0.2, 0.25) is 0 Å². The molecule has 144 valence electrons. The number of nitriles is 1. The zero-order chi connectivity index (χ0) is 19.5. The number of nitrogens with one attached hydrogen (secondary N) is 1. The molecule has 1 aromatic heterocycles. The fourth-order valence-electron chi connectivity index (χ4n) is 4.06. The summed E-state index contributed by atoms with van der Waals surface area (Å²) in [6, 6.07) is 11.6. The van der Waals surface area contributed by atoms with Gasteiger partial charge >= 0.3 is 0 Å². The summed E-state index contributed by atoms with van der Waals surface area (Å²) in [5.41, 5.74) is 1.58. The van der Waals surface area contributed by atoms with Crippen molar-refractivity contribution in [2.24, 2.45) is 5.92 Å². The van der Waals surface area contributed by atoms with Crippen molar-refractivity contribution >= 4 is 28.4 Å². The number of para-hydroxylation sites is 1. The smallest absolute Gasteiger partial charge is 0.237 e. The van der Waals surface area contributed by atoms with E-state index in [-0.39, 0.29) is 30.3 Å². The molecule has 0 bridgehead atoms. The van der Waals surface area contributed by atoms with Gasteiger partial charge in [-0.05, 0) is 37.9 Å². The van der Waals surface area contributed by atoms with Gasteiger partial charge in [0.25, 0.3) is 0 Å². The molecule has 7 heteroatoms. The number of rotatable bonds is 4. The van der Waals surface area contributed by atoms with Crippen LogP contribution < -0.4 is 5.32 Å². The number of carbonyl (C=O) groups excluding carboxylic acids is 2. The quantitative estimate of drug-likeness (QED) is 0.880. The monoisotopic (exact) mass is 377 g/mol. The van der Waals surface area contributed by atoms with Gasteiger partial charge in [-0.1, -0.05) is 18.2 Å². The predicted molar refractivity (Wildman–Crippen MR) is 105 cm³/mol. The van der Waals surface area contributed by atoms with Crippen LogP contribution in [0.15, 0.2) is 36.5 Å². The zero-order valence-corrected chi connectivity index (χ0v) is 15.7. The van der Waals surface area contributed by atoms with Crippen LogP contribution in [0.5, 0.6) is 0 Å². The molecule has 0 spiro atoms. The van der Waals surface area contributed by atoms with Crippen LogP contribution in [0.25, 0.3) is 10.9 Å². The summed E-state index contributed by atoms with van der Waals surface area (Å²) >= 11 is 0. The van der Waals surface area contributed by atoms with Gasteiger partial charge in [0.1, 0.15) is 6.04 Å². The number of hydrogen-bond donors (Lipinski definition) is 1. The van der Waals surface area contributed by atoms with Crippen LogP contribution in [0.4, 0.5) is 5.69 Å². The van der Waals surface area contributed by atoms with Crippen LogP contribution in [0.1, 0.15) is 19.3 Å². The van der Waals surface area contributed by atoms with Gasteiger partial charge in [0, 0.05) is 18.5 Å². The highest BCUT2D eigenvalue weighted by Crippen LogP contribution is 2.22. The number of amides is 2. The lowest BCUT2D eigenvalue weighted by Gasteiger charge is -2.23. The number of hydrogen-bond acceptors (Lipinski definition) is 5. The van der Waals surface area contributed by atoms with Crippen LogP contribution >= 0.6 is 0 Å². The molecule has 2 atom stereocenters. The molecule has 0 saturated carbocycles. The first-order valence-electron chi connectivity index (χ1n) is 9.71. The molecule has 3 heterocycles. The summed E-state index contributed by atoms with van der Waals surface area (Å²) < 4.78 is 0. The van der Waals surface area contributed by atoms with Crippen LogP contribution in [-0.2, 0) is 9.59 Å². The molecule has 7 nitrogen and oxygen atoms in total. The maximum Gasteiger partial charge on any atom is 0.237 e. The Hall–Kier alpha value is -2.98. The molecule has 1 N–H and O–H groups in total. The maximum absolute atomic E-state index is 12.6. The first-order valence-corrected chi connectivity index (χ1v) is 9.71. The number of fused-ring (bicyclic) bond motifs is 1. The van der Waals surface area contributed by atoms with Crippen molar-refractivity contribution in [2.75, 3.05) is 31.5 Å². The standard InChI is InChI=1S/C21H23N5O2/c22-11-18-5-3-8-26(18)20(27)14-25-9-7-16(13-25)21(28)24-17-10-15-4-1-2-6-19(15)23-12-17/h1-2,4,6,10,12,16,18H,3,5,7-9,13-14H2,(H,24,28)/t16-,18-/m0/s1. The summed E-state index contributed by atoms with van der Waals surface area (Å²) in [6.07, 6.45) is 4.04. The van der Waals surface area contributed by atoms with Crippen molar-refractivity contribution in [1.29, 1.82) is 5.26 Å². The lowest BCUT2D eigenvalue weighted by molar-refractivity contribution is -0.132. The predicted octanol–water partition coefficient (Wildman–Crippen LogP) is 2.01. The van der Waals surface area contributed by atoms with Crippen molar-refractivity contribution in [2.45, 2.75) is 25.3 Å². The van der Waals surface area contributed by atoms with E-state index in [4.69, 9.17) is 5.26 Å². The number of carbonyl (C=O) groups is 2. The molecular weight excluding hydrogens is 354 g/mol. The minimum atomic E-state index is -0.297. The Labute approximate surface area is 163 Å². The molecule has 2 aromatic rings. The second kappa shape index (κ2) is 7.95. The number of pyridine rings is 1. The van der Waals surface area contributed by atoms with E-state index in [2.05, 4.69) is 16.4 Å². The van der Waals surface area contributed by atoms with E-state index in [9.17, 15) is 9.59 Å². The first kappa shape index (κ1) is 18.4. The van der Waals surface area contributed by atoms with Gasteiger partial charge in [0.15, 0.2) is 0 Å². The molecule has 28 heavy (non-hydrogen) atoms. The Balaban J connectivity index is 1.32. The van der Waals surface area contributed by atoms with Gasteiger partial charge in [-0.3, -0.25) is 19.5 Å². The summed E-state index contributed by atoms with van der Waals surface area (Å²) in [5.74, 6) is -0.198. The van der Waals surface area contributed by atoms with Gasteiger partial charge in [-0.15, -0.1) is 0 Å². The number of aromatic nitrogens is 1. The zero-order valence-electron chi connectivity index (χ0n) is 15.7. The van der Waals surface area contributed by atoms with Crippen LogP contribution in [0.3, 0.4) is 0 Å². The van der Waals surface area contributed by atoms with E-state index in [1.807, 2.05) is 35.2 Å². The Morgan fingerprint density at radius 2 is 2.11 bits per heavy atom. The summed E-state index contributed by atoms with van der Waals surface area (Å²) in [6.45, 7) is 2.21. The van der Waals surface area contributed by atoms with E-state index in [0.717, 1.165) is 30.2 Å². The molecule has 0 unspecified atom stereocenters. The minimum absolute atomic E-state index is 0.0103. The van der Waals surface area contributed by atoms with E-state index in [1.165, 1.54) is 0 Å². The van der Waals surface area contributed by atoms with Gasteiger partial charge in [-0.2, -0.15) is 5.26 Å². The molecule has 0 aliphatic carbocycles. The molecule has 2 saturated heterocycles. The Kier molecular flexibility index (Phi) is 5.22. The number of likely N-dealkylation sites (tertiary alicyclic amines) is 2. The highest BCUT2D eigenvalue weighted by atomic mass is 16.2. The van der Waals surface area contributed by atoms with Gasteiger partial charge < -0.3 is 10.2 Å². The van der Waals surface area contributed by atoms with Crippen molar-refractivity contribution in [3.05, 3.63) is 36.5 Å². The molecular formula is C21H23N5O2. The summed E-state index contributed by atoms with van der Waals surface area (Å²) in [7, 11) is 0. The number of anilines is 1. The molecule has 0 radical (unpaired) electrons. The SMILES string of the molecule is N#C[C@@H]1CCCN1C(=O)CN1CC[C@H](C(=O)Nc2cnc3ccccc3c2)C1. The third kappa shape index (κ3) is 3.82. The van der Waals surface area contributed by atoms with E-state index in [0.29, 0.717) is 25.3 Å². The fraction of sp³-hybridized carbons (Fsp3) is 0.429. The lowest BCUT2D eigenvalue weighted by Crippen LogP contribution is -2.42. The molecule has 2 amide bonds. The second-order valence-corrected chi connectivity index (χ2v) is 7.50. The van der Waals surface area contributed by atoms with Gasteiger partial charge in [0.2, 0.25) is 11.8 Å². The molecule has 2 aliphatic rings. The normalized spacial score (nSPS) is 22.3. The summed E-state index contributed by atoms with van der Waals surface area (Å²) in [4.78, 5) is 33.2. The number of nitrogens with zero attached hydrogens (tertiary/aromatic N) is 4. The Bertz CT molecular complexity index is 938. The molecule has 2 fully saturated rings. The second-order valence-electron chi connectivity index (χ2n) is 7.50. The third-order valence-electron chi connectivity index (χ3n) is 5.58. The highest BCUT2D eigenvalue weighted by Gasteiger charge is 2.33. The van der Waals surface area contributed by atoms with Crippen LogP contribution in [0, 0.1) is 17.2 Å². The average Bonchev–Trinajstić information content (AvgIpc) is 3.37. The average molecular weight is 377 g/mol. The van der Waals surface area contributed by atoms with Gasteiger partial charge in [0.05, 0.1) is 35.9 Å². The Morgan fingerprint density at radius 3 is 2.96 bits per heavy atom. The van der Waals surface area contributed by atoms with Crippen molar-refractivity contribution in [3.63, 3.8) is 0 Å². The van der Waals surface area contributed by atoms with E-state index < -0.39 is 0 Å². The van der Waals surface area contributed by atoms with E-state index in [1.54, 1.807) is 11.1 Å². The maximum atomic E-state index is 12.6. The largest absolute Gasteiger partial charge is 0.326 e. The topological polar surface area (TPSA) is 89.3 Å². The van der Waals surface area contributed by atoms with E-state index >= 15 is 0 Å². The fourth-order valence-corrected chi connectivity index (χ4v) is 4.06. The number of benzene rings is 1. The van der Waals surface area contributed by atoms with Crippen molar-refractivity contribution in [3.8, 4) is 6.07 Å². The van der Waals surface area contributed by atoms with Gasteiger partial charge in [-0.25, -0.2) is 0 Å². The van der Waals surface area contributed by atoms with Crippen LogP contribution in [-0.4, -0.2) is 58.8 Å². The minimum Gasteiger partial charge on any atom is -0.326 e. The third-order valence-corrected chi connectivity index (χ3v) is 5.58. The van der Waals surface area contributed by atoms with Crippen molar-refractivity contribution < 1.29 is 9.59 Å². The first-order chi connectivity index (χ1) is 13.6. The van der Waals surface area contributed by atoms with Crippen molar-refractivity contribution in [1.82, 2.24) is 14.8 Å². The summed E-state index contributed by atoms with van der Waals surface area (Å²) in [5, 5.41) is 13.1. The molecule has 2 aliphatic heterocycles. The lowest BCUT2D eigenvalue weighted by atomic mass is 10.1.